The highest BCUT2D eigenvalue weighted by atomic mass is 32.2. The maximum atomic E-state index is 12.5. The third-order valence-electron chi connectivity index (χ3n) is 4.76. The predicted octanol–water partition coefficient (Wildman–Crippen LogP) is 4.72. The highest BCUT2D eigenvalue weighted by molar-refractivity contribution is 7.99. The second-order valence-corrected chi connectivity index (χ2v) is 8.83. The third kappa shape index (κ3) is 3.84. The van der Waals surface area contributed by atoms with Crippen LogP contribution in [0.2, 0.25) is 0 Å². The second-order valence-electron chi connectivity index (χ2n) is 6.78. The summed E-state index contributed by atoms with van der Waals surface area (Å²) in [6, 6.07) is 10.5. The van der Waals surface area contributed by atoms with Crippen LogP contribution < -0.4 is 5.32 Å². The summed E-state index contributed by atoms with van der Waals surface area (Å²) < 4.78 is 1.98. The maximum absolute atomic E-state index is 12.5. The van der Waals surface area contributed by atoms with Gasteiger partial charge in [0.2, 0.25) is 5.91 Å². The normalized spacial score (nSPS) is 13.0. The minimum atomic E-state index is -0.112. The number of nitrogens with one attached hydrogen (secondary N) is 1. The molecule has 0 saturated heterocycles. The SMILES string of the molecule is Cc1cccc(-n2ccnc2SCC(=O)Nc2sc3c(c2C#N)CCCC3)c1. The molecule has 1 N–H and O–H groups in total. The molecule has 7 heteroatoms. The number of carbonyl (C=O) groups is 1. The number of benzene rings is 1. The van der Waals surface area contributed by atoms with E-state index in [1.165, 1.54) is 22.2 Å². The number of hydrogen-bond donors (Lipinski definition) is 1. The van der Waals surface area contributed by atoms with Crippen LogP contribution in [-0.2, 0) is 17.6 Å². The summed E-state index contributed by atoms with van der Waals surface area (Å²) in [4.78, 5) is 18.2. The average Bonchev–Trinajstić information content (AvgIpc) is 3.30. The molecule has 0 unspecified atom stereocenters. The Morgan fingerprint density at radius 1 is 1.39 bits per heavy atom. The second kappa shape index (κ2) is 8.21. The van der Waals surface area contributed by atoms with Gasteiger partial charge in [-0.15, -0.1) is 11.3 Å². The van der Waals surface area contributed by atoms with Gasteiger partial charge in [-0.05, 0) is 55.9 Å². The van der Waals surface area contributed by atoms with Crippen molar-refractivity contribution in [3.63, 3.8) is 0 Å². The number of thiophene rings is 1. The zero-order chi connectivity index (χ0) is 19.5. The highest BCUT2D eigenvalue weighted by Crippen LogP contribution is 2.37. The number of fused-ring (bicyclic) bond motifs is 1. The summed E-state index contributed by atoms with van der Waals surface area (Å²) >= 11 is 2.95. The van der Waals surface area contributed by atoms with Crippen LogP contribution in [0, 0.1) is 18.3 Å². The molecule has 28 heavy (non-hydrogen) atoms. The Kier molecular flexibility index (Phi) is 5.51. The van der Waals surface area contributed by atoms with E-state index in [0.29, 0.717) is 10.6 Å². The van der Waals surface area contributed by atoms with E-state index in [-0.39, 0.29) is 11.7 Å². The van der Waals surface area contributed by atoms with Crippen molar-refractivity contribution < 1.29 is 4.79 Å². The number of aromatic nitrogens is 2. The maximum Gasteiger partial charge on any atom is 0.235 e. The van der Waals surface area contributed by atoms with Crippen LogP contribution in [0.15, 0.2) is 41.8 Å². The van der Waals surface area contributed by atoms with Crippen LogP contribution in [0.3, 0.4) is 0 Å². The average molecular weight is 409 g/mol. The molecule has 0 spiro atoms. The molecular weight excluding hydrogens is 388 g/mol. The third-order valence-corrected chi connectivity index (χ3v) is 6.93. The van der Waals surface area contributed by atoms with E-state index in [4.69, 9.17) is 0 Å². The summed E-state index contributed by atoms with van der Waals surface area (Å²) in [7, 11) is 0. The van der Waals surface area contributed by atoms with E-state index in [1.54, 1.807) is 17.5 Å². The fourth-order valence-electron chi connectivity index (χ4n) is 3.44. The van der Waals surface area contributed by atoms with Crippen LogP contribution in [-0.4, -0.2) is 21.2 Å². The van der Waals surface area contributed by atoms with Gasteiger partial charge in [0.15, 0.2) is 5.16 Å². The zero-order valence-corrected chi connectivity index (χ0v) is 17.2. The van der Waals surface area contributed by atoms with E-state index < -0.39 is 0 Å². The smallest absolute Gasteiger partial charge is 0.235 e. The lowest BCUT2D eigenvalue weighted by atomic mass is 9.96. The van der Waals surface area contributed by atoms with Crippen LogP contribution in [0.25, 0.3) is 5.69 Å². The van der Waals surface area contributed by atoms with Crippen LogP contribution in [0.1, 0.15) is 34.4 Å². The molecule has 2 aromatic heterocycles. The summed E-state index contributed by atoms with van der Waals surface area (Å²) in [5, 5.41) is 13.9. The lowest BCUT2D eigenvalue weighted by Crippen LogP contribution is -2.14. The Balaban J connectivity index is 1.45. The Hall–Kier alpha value is -2.56. The molecule has 1 amide bonds. The Labute approximate surface area is 172 Å². The fraction of sp³-hybridized carbons (Fsp3) is 0.286. The number of aryl methyl sites for hydroxylation is 2. The van der Waals surface area contributed by atoms with E-state index in [0.717, 1.165) is 42.1 Å². The molecule has 0 fully saturated rings. The molecule has 5 nitrogen and oxygen atoms in total. The number of thioether (sulfide) groups is 1. The van der Waals surface area contributed by atoms with Crippen LogP contribution in [0.4, 0.5) is 5.00 Å². The Morgan fingerprint density at radius 2 is 2.25 bits per heavy atom. The molecule has 1 aliphatic rings. The van der Waals surface area contributed by atoms with Crippen molar-refractivity contribution in [2.45, 2.75) is 37.8 Å². The summed E-state index contributed by atoms with van der Waals surface area (Å²) in [5.41, 5.74) is 3.99. The molecule has 4 rings (SSSR count). The molecule has 1 aromatic carbocycles. The number of nitrogens with zero attached hydrogens (tertiary/aromatic N) is 3. The van der Waals surface area contributed by atoms with E-state index >= 15 is 0 Å². The molecule has 1 aliphatic carbocycles. The van der Waals surface area contributed by atoms with Gasteiger partial charge in [0.1, 0.15) is 11.1 Å². The van der Waals surface area contributed by atoms with Crippen molar-refractivity contribution in [3.05, 3.63) is 58.2 Å². The number of rotatable bonds is 5. The van der Waals surface area contributed by atoms with Gasteiger partial charge in [0, 0.05) is 23.0 Å². The van der Waals surface area contributed by atoms with Crippen molar-refractivity contribution >= 4 is 34.0 Å². The van der Waals surface area contributed by atoms with Crippen molar-refractivity contribution in [2.24, 2.45) is 0 Å². The summed E-state index contributed by atoms with van der Waals surface area (Å²) in [6.07, 6.45) is 7.85. The first kappa shape index (κ1) is 18.8. The predicted molar refractivity (Wildman–Crippen MR) is 113 cm³/mol. The lowest BCUT2D eigenvalue weighted by Gasteiger charge is -2.09. The van der Waals surface area contributed by atoms with Gasteiger partial charge in [-0.3, -0.25) is 9.36 Å². The zero-order valence-electron chi connectivity index (χ0n) is 15.6. The minimum Gasteiger partial charge on any atom is -0.316 e. The Morgan fingerprint density at radius 3 is 3.07 bits per heavy atom. The van der Waals surface area contributed by atoms with Gasteiger partial charge in [-0.25, -0.2) is 4.98 Å². The van der Waals surface area contributed by atoms with E-state index in [1.807, 2.05) is 35.9 Å². The van der Waals surface area contributed by atoms with Crippen molar-refractivity contribution in [1.82, 2.24) is 9.55 Å². The molecule has 0 aliphatic heterocycles. The van der Waals surface area contributed by atoms with Gasteiger partial charge in [-0.2, -0.15) is 5.26 Å². The number of anilines is 1. The van der Waals surface area contributed by atoms with Gasteiger partial charge < -0.3 is 5.32 Å². The molecule has 0 saturated carbocycles. The van der Waals surface area contributed by atoms with E-state index in [9.17, 15) is 10.1 Å². The van der Waals surface area contributed by atoms with Crippen molar-refractivity contribution in [3.8, 4) is 11.8 Å². The molecule has 0 atom stereocenters. The summed E-state index contributed by atoms with van der Waals surface area (Å²) in [6.45, 7) is 2.05. The first-order chi connectivity index (χ1) is 13.7. The van der Waals surface area contributed by atoms with Crippen molar-refractivity contribution in [2.75, 3.05) is 11.1 Å². The van der Waals surface area contributed by atoms with Gasteiger partial charge in [0.25, 0.3) is 0 Å². The van der Waals surface area contributed by atoms with Gasteiger partial charge in [-0.1, -0.05) is 23.9 Å². The monoisotopic (exact) mass is 408 g/mol. The number of imidazole rings is 1. The fourth-order valence-corrected chi connectivity index (χ4v) is 5.46. The molecule has 2 heterocycles. The minimum absolute atomic E-state index is 0.112. The number of carbonyl (C=O) groups excluding carboxylic acids is 1. The van der Waals surface area contributed by atoms with Crippen LogP contribution in [0.5, 0.6) is 0 Å². The quantitative estimate of drug-likeness (QED) is 0.620. The first-order valence-electron chi connectivity index (χ1n) is 9.23. The number of amides is 1. The molecular formula is C21H20N4OS2. The number of hydrogen-bond acceptors (Lipinski definition) is 5. The standard InChI is InChI=1S/C21H20N4OS2/c1-14-5-4-6-15(11-14)25-10-9-23-21(25)27-13-19(26)24-20-17(12-22)16-7-2-3-8-18(16)28-20/h4-6,9-11H,2-3,7-8,13H2,1H3,(H,24,26). The van der Waals surface area contributed by atoms with Crippen LogP contribution >= 0.6 is 23.1 Å². The molecule has 142 valence electrons. The lowest BCUT2D eigenvalue weighted by molar-refractivity contribution is -0.113. The number of nitriles is 1. The molecule has 3 aromatic rings. The van der Waals surface area contributed by atoms with E-state index in [2.05, 4.69) is 22.4 Å². The summed E-state index contributed by atoms with van der Waals surface area (Å²) in [5.74, 6) is 0.134. The first-order valence-corrected chi connectivity index (χ1v) is 11.0. The largest absolute Gasteiger partial charge is 0.316 e. The molecule has 0 bridgehead atoms. The topological polar surface area (TPSA) is 70.7 Å². The highest BCUT2D eigenvalue weighted by Gasteiger charge is 2.22. The van der Waals surface area contributed by atoms with Gasteiger partial charge in [0.05, 0.1) is 11.3 Å². The molecule has 0 radical (unpaired) electrons. The van der Waals surface area contributed by atoms with Crippen molar-refractivity contribution in [1.29, 1.82) is 5.26 Å². The van der Waals surface area contributed by atoms with Gasteiger partial charge >= 0.3 is 0 Å². The Bertz CT molecular complexity index is 1060.